The van der Waals surface area contributed by atoms with Gasteiger partial charge in [-0.05, 0) is 12.1 Å². The van der Waals surface area contributed by atoms with Crippen LogP contribution in [0.5, 0.6) is 5.75 Å². The number of hydrogen-bond acceptors (Lipinski definition) is 4. The quantitative estimate of drug-likeness (QED) is 0.531. The summed E-state index contributed by atoms with van der Waals surface area (Å²) in [6.45, 7) is 2.33. The largest absolute Gasteiger partial charge is 0.505 e. The summed E-state index contributed by atoms with van der Waals surface area (Å²) in [6, 6.07) is 1.92. The molecule has 21 heavy (non-hydrogen) atoms. The zero-order valence-electron chi connectivity index (χ0n) is 11.1. The van der Waals surface area contributed by atoms with Crippen molar-refractivity contribution in [2.75, 3.05) is 31.9 Å². The maximum atomic E-state index is 13.4. The summed E-state index contributed by atoms with van der Waals surface area (Å²) >= 11 is 3.23. The number of benzene rings is 1. The van der Waals surface area contributed by atoms with Crippen LogP contribution in [0.15, 0.2) is 16.6 Å². The molecule has 9 heteroatoms. The fraction of sp³-hybridized carbons (Fsp3) is 0.500. The Balaban J connectivity index is 0.00000200. The second kappa shape index (κ2) is 8.95. The third-order valence-electron chi connectivity index (χ3n) is 3.27. The van der Waals surface area contributed by atoms with Crippen LogP contribution in [-0.4, -0.2) is 42.6 Å². The van der Waals surface area contributed by atoms with Gasteiger partial charge in [0.15, 0.2) is 0 Å². The number of rotatable bonds is 3. The summed E-state index contributed by atoms with van der Waals surface area (Å²) in [5, 5.41) is 13.1. The molecular formula is C12H18BrCl2F2N3O. The first-order valence-corrected chi connectivity index (χ1v) is 6.81. The first-order valence-electron chi connectivity index (χ1n) is 6.02. The van der Waals surface area contributed by atoms with Gasteiger partial charge in [0.1, 0.15) is 11.8 Å². The number of aromatic hydroxyl groups is 1. The van der Waals surface area contributed by atoms with Gasteiger partial charge in [-0.15, -0.1) is 24.8 Å². The number of phenolic OH excluding ortho intramolecular Hbond substituents is 1. The first kappa shape index (κ1) is 20.7. The van der Waals surface area contributed by atoms with Crippen molar-refractivity contribution in [2.45, 2.75) is 12.5 Å². The maximum absolute atomic E-state index is 13.4. The predicted molar refractivity (Wildman–Crippen MR) is 87.9 cm³/mol. The third-order valence-corrected chi connectivity index (χ3v) is 3.97. The van der Waals surface area contributed by atoms with E-state index in [9.17, 15) is 13.9 Å². The molecule has 1 aromatic rings. The van der Waals surface area contributed by atoms with Crippen LogP contribution in [0.1, 0.15) is 11.6 Å². The lowest BCUT2D eigenvalue weighted by atomic mass is 10.0. The third kappa shape index (κ3) is 4.56. The number of nitrogens with zero attached hydrogens (tertiary/aromatic N) is 1. The topological polar surface area (TPSA) is 61.5 Å². The zero-order chi connectivity index (χ0) is 14.0. The van der Waals surface area contributed by atoms with E-state index in [1.54, 1.807) is 11.0 Å². The van der Waals surface area contributed by atoms with Crippen LogP contribution in [0.4, 0.5) is 14.5 Å². The van der Waals surface area contributed by atoms with Crippen LogP contribution in [0.3, 0.4) is 0 Å². The highest BCUT2D eigenvalue weighted by Crippen LogP contribution is 2.41. The Kier molecular flexibility index (Phi) is 8.80. The molecule has 4 nitrogen and oxygen atoms in total. The van der Waals surface area contributed by atoms with E-state index >= 15 is 0 Å². The van der Waals surface area contributed by atoms with Crippen molar-refractivity contribution in [1.29, 1.82) is 0 Å². The second-order valence-electron chi connectivity index (χ2n) is 4.46. The van der Waals surface area contributed by atoms with E-state index in [0.717, 1.165) is 0 Å². The lowest BCUT2D eigenvalue weighted by Gasteiger charge is -2.35. The highest BCUT2D eigenvalue weighted by molar-refractivity contribution is 9.10. The first-order chi connectivity index (χ1) is 9.02. The van der Waals surface area contributed by atoms with Crippen molar-refractivity contribution in [3.8, 4) is 5.75 Å². The minimum absolute atomic E-state index is 0. The smallest absolute Gasteiger partial charge is 0.258 e. The Bertz CT molecular complexity index is 462. The number of hydrogen-bond donors (Lipinski definition) is 3. The van der Waals surface area contributed by atoms with Gasteiger partial charge in [0, 0.05) is 36.2 Å². The van der Waals surface area contributed by atoms with Crippen molar-refractivity contribution in [2.24, 2.45) is 0 Å². The number of nitrogen functional groups attached to an aromatic ring is 1. The number of alkyl halides is 2. The molecule has 122 valence electrons. The Labute approximate surface area is 143 Å². The van der Waals surface area contributed by atoms with E-state index in [4.69, 9.17) is 5.73 Å². The van der Waals surface area contributed by atoms with Gasteiger partial charge in [-0.25, -0.2) is 8.78 Å². The lowest BCUT2D eigenvalue weighted by molar-refractivity contribution is 0.0167. The summed E-state index contributed by atoms with van der Waals surface area (Å²) in [6.07, 6.45) is -2.60. The molecule has 1 aliphatic heterocycles. The number of nitrogens with two attached hydrogens (primary N) is 1. The van der Waals surface area contributed by atoms with E-state index in [1.807, 2.05) is 0 Å². The molecule has 0 aromatic heterocycles. The van der Waals surface area contributed by atoms with Gasteiger partial charge in [0.05, 0.1) is 5.69 Å². The van der Waals surface area contributed by atoms with Gasteiger partial charge in [-0.3, -0.25) is 4.90 Å². The van der Waals surface area contributed by atoms with E-state index in [0.29, 0.717) is 30.7 Å². The molecule has 1 aromatic carbocycles. The molecule has 1 fully saturated rings. The van der Waals surface area contributed by atoms with E-state index < -0.39 is 12.5 Å². The van der Waals surface area contributed by atoms with Gasteiger partial charge in [-0.2, -0.15) is 0 Å². The molecule has 0 bridgehead atoms. The van der Waals surface area contributed by atoms with Crippen molar-refractivity contribution >= 4 is 46.4 Å². The van der Waals surface area contributed by atoms with Gasteiger partial charge < -0.3 is 16.2 Å². The molecule has 0 saturated carbocycles. The van der Waals surface area contributed by atoms with E-state index in [1.165, 1.54) is 6.07 Å². The SMILES string of the molecule is Cl.Cl.Nc1ccc(Br)c([C@@H](C(F)F)N2CCNCC2)c1O. The van der Waals surface area contributed by atoms with Crippen LogP contribution in [0.2, 0.25) is 0 Å². The molecular weight excluding hydrogens is 391 g/mol. The van der Waals surface area contributed by atoms with Crippen LogP contribution in [-0.2, 0) is 0 Å². The van der Waals surface area contributed by atoms with Crippen molar-refractivity contribution in [1.82, 2.24) is 10.2 Å². The van der Waals surface area contributed by atoms with Crippen LogP contribution in [0.25, 0.3) is 0 Å². The van der Waals surface area contributed by atoms with E-state index in [-0.39, 0.29) is 41.8 Å². The molecule has 1 atom stereocenters. The molecule has 1 saturated heterocycles. The van der Waals surface area contributed by atoms with Gasteiger partial charge in [0.25, 0.3) is 6.43 Å². The number of halogens is 5. The van der Waals surface area contributed by atoms with Gasteiger partial charge in [0.2, 0.25) is 0 Å². The minimum atomic E-state index is -2.60. The van der Waals surface area contributed by atoms with Gasteiger partial charge in [-0.1, -0.05) is 15.9 Å². The molecule has 0 spiro atoms. The molecule has 2 rings (SSSR count). The highest BCUT2D eigenvalue weighted by Gasteiger charge is 2.34. The number of piperazine rings is 1. The summed E-state index contributed by atoms with van der Waals surface area (Å²) in [7, 11) is 0. The second-order valence-corrected chi connectivity index (χ2v) is 5.32. The Hall–Kier alpha value is -0.340. The maximum Gasteiger partial charge on any atom is 0.258 e. The van der Waals surface area contributed by atoms with E-state index in [2.05, 4.69) is 21.2 Å². The fourth-order valence-electron chi connectivity index (χ4n) is 2.31. The number of phenols is 1. The van der Waals surface area contributed by atoms with Crippen LogP contribution >= 0.6 is 40.7 Å². The Morgan fingerprint density at radius 2 is 1.81 bits per heavy atom. The van der Waals surface area contributed by atoms with Crippen LogP contribution in [0, 0.1) is 0 Å². The fourth-order valence-corrected chi connectivity index (χ4v) is 2.86. The van der Waals surface area contributed by atoms with Crippen molar-refractivity contribution in [3.05, 3.63) is 22.2 Å². The average molecular weight is 409 g/mol. The van der Waals surface area contributed by atoms with Crippen molar-refractivity contribution < 1.29 is 13.9 Å². The average Bonchev–Trinajstić information content (AvgIpc) is 2.39. The normalized spacial score (nSPS) is 17.0. The molecule has 1 heterocycles. The van der Waals surface area contributed by atoms with Crippen molar-refractivity contribution in [3.63, 3.8) is 0 Å². The molecule has 0 unspecified atom stereocenters. The Morgan fingerprint density at radius 1 is 1.24 bits per heavy atom. The number of anilines is 1. The number of nitrogens with one attached hydrogen (secondary N) is 1. The summed E-state index contributed by atoms with van der Waals surface area (Å²) < 4.78 is 27.3. The highest BCUT2D eigenvalue weighted by atomic mass is 79.9. The molecule has 0 radical (unpaired) electrons. The zero-order valence-corrected chi connectivity index (χ0v) is 14.3. The summed E-state index contributed by atoms with van der Waals surface area (Å²) in [5.74, 6) is -0.266. The lowest BCUT2D eigenvalue weighted by Crippen LogP contribution is -2.47. The monoisotopic (exact) mass is 407 g/mol. The predicted octanol–water partition coefficient (Wildman–Crippen LogP) is 2.79. The summed E-state index contributed by atoms with van der Waals surface area (Å²) in [4.78, 5) is 1.67. The minimum Gasteiger partial charge on any atom is -0.505 e. The molecule has 0 amide bonds. The Morgan fingerprint density at radius 3 is 2.33 bits per heavy atom. The van der Waals surface area contributed by atoms with Crippen LogP contribution < -0.4 is 11.1 Å². The molecule has 4 N–H and O–H groups in total. The summed E-state index contributed by atoms with van der Waals surface area (Å²) in [5.41, 5.74) is 5.88. The molecule has 1 aliphatic rings. The molecule has 0 aliphatic carbocycles. The van der Waals surface area contributed by atoms with Gasteiger partial charge >= 0.3 is 0 Å². The standard InChI is InChI=1S/C12H16BrF2N3O.2ClH/c13-7-1-2-8(16)11(19)9(7)10(12(14)15)18-5-3-17-4-6-18;;/h1-2,10,12,17,19H,3-6,16H2;2*1H/t10-;;/m0../s1.